The Bertz CT molecular complexity index is 544. The Morgan fingerprint density at radius 2 is 1.60 bits per heavy atom. The lowest BCUT2D eigenvalue weighted by Crippen LogP contribution is -2.47. The molecular weight excluding hydrogens is 338 g/mol. The molecule has 0 spiro atoms. The minimum atomic E-state index is -0.594. The highest BCUT2D eigenvalue weighted by molar-refractivity contribution is 5.87. The van der Waals surface area contributed by atoms with Crippen LogP contribution < -0.4 is 16.4 Å². The second-order valence-corrected chi connectivity index (χ2v) is 7.12. The van der Waals surface area contributed by atoms with Crippen molar-refractivity contribution in [3.05, 3.63) is 35.4 Å². The van der Waals surface area contributed by atoms with E-state index in [0.29, 0.717) is 5.92 Å². The van der Waals surface area contributed by atoms with Crippen molar-refractivity contribution in [1.82, 2.24) is 10.6 Å². The van der Waals surface area contributed by atoms with Gasteiger partial charge in [0, 0.05) is 0 Å². The summed E-state index contributed by atoms with van der Waals surface area (Å²) >= 11 is 0. The monoisotopic (exact) mass is 369 g/mol. The molecular formula is C19H32ClN3O2. The van der Waals surface area contributed by atoms with Gasteiger partial charge in [0.15, 0.2) is 0 Å². The van der Waals surface area contributed by atoms with Crippen LogP contribution in [-0.4, -0.2) is 24.4 Å². The number of amides is 2. The van der Waals surface area contributed by atoms with Gasteiger partial charge >= 0.3 is 0 Å². The van der Waals surface area contributed by atoms with E-state index in [-0.39, 0.29) is 42.7 Å². The molecule has 25 heavy (non-hydrogen) atoms. The summed E-state index contributed by atoms with van der Waals surface area (Å²) < 4.78 is 0. The van der Waals surface area contributed by atoms with Gasteiger partial charge in [0.1, 0.15) is 0 Å². The molecule has 2 amide bonds. The van der Waals surface area contributed by atoms with Crippen molar-refractivity contribution in [3.63, 3.8) is 0 Å². The molecule has 0 aliphatic carbocycles. The van der Waals surface area contributed by atoms with Crippen molar-refractivity contribution in [2.75, 3.05) is 6.54 Å². The molecule has 0 saturated heterocycles. The van der Waals surface area contributed by atoms with Gasteiger partial charge in [-0.1, -0.05) is 52.0 Å². The van der Waals surface area contributed by atoms with Crippen molar-refractivity contribution in [1.29, 1.82) is 0 Å². The van der Waals surface area contributed by atoms with Crippen LogP contribution in [0.2, 0.25) is 0 Å². The number of hydrogen-bond donors (Lipinski definition) is 3. The number of carbonyl (C=O) groups is 2. The van der Waals surface area contributed by atoms with E-state index in [1.165, 1.54) is 5.56 Å². The Balaban J connectivity index is 0.00000576. The van der Waals surface area contributed by atoms with Gasteiger partial charge in [-0.25, -0.2) is 0 Å². The number of nitrogens with one attached hydrogen (secondary N) is 2. The van der Waals surface area contributed by atoms with E-state index in [9.17, 15) is 9.59 Å². The number of hydrogen-bond acceptors (Lipinski definition) is 3. The number of carbonyl (C=O) groups excluding carboxylic acids is 2. The van der Waals surface area contributed by atoms with Crippen molar-refractivity contribution in [2.24, 2.45) is 17.6 Å². The summed E-state index contributed by atoms with van der Waals surface area (Å²) in [5.41, 5.74) is 8.08. The maximum atomic E-state index is 12.0. The van der Waals surface area contributed by atoms with Crippen molar-refractivity contribution in [3.8, 4) is 0 Å². The van der Waals surface area contributed by atoms with Crippen molar-refractivity contribution >= 4 is 24.2 Å². The average Bonchev–Trinajstić information content (AvgIpc) is 2.51. The summed E-state index contributed by atoms with van der Waals surface area (Å²) in [7, 11) is 0. The van der Waals surface area contributed by atoms with Crippen molar-refractivity contribution < 1.29 is 9.59 Å². The third kappa shape index (κ3) is 8.36. The van der Waals surface area contributed by atoms with Gasteiger partial charge in [0.2, 0.25) is 11.8 Å². The van der Waals surface area contributed by atoms with Crippen LogP contribution in [0.1, 0.15) is 51.8 Å². The van der Waals surface area contributed by atoms with E-state index in [2.05, 4.69) is 36.6 Å². The first-order valence-corrected chi connectivity index (χ1v) is 8.62. The molecule has 6 heteroatoms. The summed E-state index contributed by atoms with van der Waals surface area (Å²) in [6.07, 6.45) is 1.04. The van der Waals surface area contributed by atoms with Crippen LogP contribution in [0.4, 0.5) is 0 Å². The topological polar surface area (TPSA) is 84.2 Å². The Kier molecular flexibility index (Phi) is 10.4. The average molecular weight is 370 g/mol. The van der Waals surface area contributed by atoms with Gasteiger partial charge in [-0.3, -0.25) is 9.59 Å². The molecule has 1 aromatic rings. The second-order valence-electron chi connectivity index (χ2n) is 7.12. The molecule has 0 fully saturated rings. The third-order valence-electron chi connectivity index (χ3n) is 3.95. The number of halogens is 1. The molecule has 0 aromatic heterocycles. The summed E-state index contributed by atoms with van der Waals surface area (Å²) in [4.78, 5) is 23.7. The minimum absolute atomic E-state index is 0. The summed E-state index contributed by atoms with van der Waals surface area (Å²) in [5, 5.41) is 5.46. The van der Waals surface area contributed by atoms with Crippen molar-refractivity contribution in [2.45, 2.75) is 53.1 Å². The first-order valence-electron chi connectivity index (χ1n) is 8.62. The van der Waals surface area contributed by atoms with E-state index in [1.54, 1.807) is 0 Å². The van der Waals surface area contributed by atoms with Gasteiger partial charge < -0.3 is 16.4 Å². The van der Waals surface area contributed by atoms with Crippen LogP contribution in [0.15, 0.2) is 24.3 Å². The standard InChI is InChI=1S/C19H31N3O2.ClH/c1-12(2)10-15-6-8-16(9-7-15)14(5)22-17(23)11-21-19(24)18(20)13(3)4;/h6-9,12-14,18H,10-11,20H2,1-5H3,(H,21,24)(H,22,23);1H/t14?,18-;/m0./s1. The third-order valence-corrected chi connectivity index (χ3v) is 3.95. The van der Waals surface area contributed by atoms with Crippen LogP contribution >= 0.6 is 12.4 Å². The van der Waals surface area contributed by atoms with Crippen LogP contribution in [0.25, 0.3) is 0 Å². The normalized spacial score (nSPS) is 13.1. The lowest BCUT2D eigenvalue weighted by molar-refractivity contribution is -0.127. The molecule has 1 rings (SSSR count). The highest BCUT2D eigenvalue weighted by atomic mass is 35.5. The first-order chi connectivity index (χ1) is 11.2. The predicted octanol–water partition coefficient (Wildman–Crippen LogP) is 2.58. The van der Waals surface area contributed by atoms with Gasteiger partial charge in [-0.15, -0.1) is 12.4 Å². The molecule has 0 heterocycles. The van der Waals surface area contributed by atoms with Gasteiger partial charge in [-0.2, -0.15) is 0 Å². The molecule has 1 unspecified atom stereocenters. The molecule has 2 atom stereocenters. The predicted molar refractivity (Wildman–Crippen MR) is 105 cm³/mol. The smallest absolute Gasteiger partial charge is 0.239 e. The SMILES string of the molecule is CC(C)Cc1ccc(C(C)NC(=O)CNC(=O)[C@@H](N)C(C)C)cc1.Cl. The fourth-order valence-corrected chi connectivity index (χ4v) is 2.38. The van der Waals surface area contributed by atoms with E-state index >= 15 is 0 Å². The van der Waals surface area contributed by atoms with Gasteiger partial charge in [0.05, 0.1) is 18.6 Å². The maximum absolute atomic E-state index is 12.0. The van der Waals surface area contributed by atoms with E-state index in [4.69, 9.17) is 5.73 Å². The zero-order valence-corrected chi connectivity index (χ0v) is 16.7. The Morgan fingerprint density at radius 1 is 1.04 bits per heavy atom. The molecule has 0 radical (unpaired) electrons. The Hall–Kier alpha value is -1.59. The zero-order chi connectivity index (χ0) is 18.3. The Labute approximate surface area is 157 Å². The van der Waals surface area contributed by atoms with E-state index in [1.807, 2.05) is 32.9 Å². The highest BCUT2D eigenvalue weighted by Gasteiger charge is 2.18. The molecule has 142 valence electrons. The fourth-order valence-electron chi connectivity index (χ4n) is 2.38. The summed E-state index contributed by atoms with van der Waals surface area (Å²) in [6, 6.07) is 7.57. The fraction of sp³-hybridized carbons (Fsp3) is 0.579. The second kappa shape index (κ2) is 11.1. The lowest BCUT2D eigenvalue weighted by atomic mass is 10.00. The molecule has 1 aromatic carbocycles. The van der Waals surface area contributed by atoms with Crippen LogP contribution in [-0.2, 0) is 16.0 Å². The maximum Gasteiger partial charge on any atom is 0.239 e. The minimum Gasteiger partial charge on any atom is -0.348 e. The summed E-state index contributed by atoms with van der Waals surface area (Å²) in [5.74, 6) is 0.133. The van der Waals surface area contributed by atoms with Gasteiger partial charge in [0.25, 0.3) is 0 Å². The van der Waals surface area contributed by atoms with Crippen LogP contribution in [0.5, 0.6) is 0 Å². The van der Waals surface area contributed by atoms with E-state index < -0.39 is 6.04 Å². The van der Waals surface area contributed by atoms with E-state index in [0.717, 1.165) is 12.0 Å². The zero-order valence-electron chi connectivity index (χ0n) is 15.8. The van der Waals surface area contributed by atoms with Crippen LogP contribution in [0.3, 0.4) is 0 Å². The summed E-state index contributed by atoms with van der Waals surface area (Å²) in [6.45, 7) is 9.99. The largest absolute Gasteiger partial charge is 0.348 e. The molecule has 0 aliphatic rings. The number of rotatable bonds is 8. The van der Waals surface area contributed by atoms with Gasteiger partial charge in [-0.05, 0) is 36.3 Å². The Morgan fingerprint density at radius 3 is 2.08 bits per heavy atom. The number of nitrogens with two attached hydrogens (primary N) is 1. The molecule has 0 aliphatic heterocycles. The molecule has 4 N–H and O–H groups in total. The quantitative estimate of drug-likeness (QED) is 0.658. The molecule has 0 saturated carbocycles. The lowest BCUT2D eigenvalue weighted by Gasteiger charge is -2.17. The van der Waals surface area contributed by atoms with Crippen LogP contribution in [0, 0.1) is 11.8 Å². The molecule has 5 nitrogen and oxygen atoms in total. The first kappa shape index (κ1) is 23.4. The molecule has 0 bridgehead atoms. The number of benzene rings is 1. The highest BCUT2D eigenvalue weighted by Crippen LogP contribution is 2.15.